The molecule has 0 saturated carbocycles. The molecular weight excluding hydrogens is 164 g/mol. The molecule has 11 heavy (non-hydrogen) atoms. The zero-order valence-electron chi connectivity index (χ0n) is 6.61. The van der Waals surface area contributed by atoms with Gasteiger partial charge in [0.15, 0.2) is 0 Å². The SMILES string of the molecule is C=C/C=C(\N(C)C)S(N)(=O)=O. The van der Waals surface area contributed by atoms with Crippen LogP contribution in [0.1, 0.15) is 0 Å². The number of primary sulfonamides is 1. The summed E-state index contributed by atoms with van der Waals surface area (Å²) in [6.07, 6.45) is 2.72. The lowest BCUT2D eigenvalue weighted by molar-refractivity contribution is 0.523. The minimum atomic E-state index is -3.61. The van der Waals surface area contributed by atoms with Gasteiger partial charge < -0.3 is 4.90 Å². The molecule has 5 heteroatoms. The molecule has 0 heterocycles. The molecule has 0 atom stereocenters. The normalized spacial score (nSPS) is 12.8. The van der Waals surface area contributed by atoms with E-state index in [0.29, 0.717) is 0 Å². The Hall–Kier alpha value is -0.810. The molecule has 0 aliphatic heterocycles. The maximum Gasteiger partial charge on any atom is 0.253 e. The van der Waals surface area contributed by atoms with E-state index < -0.39 is 10.0 Å². The third kappa shape index (κ3) is 3.20. The Morgan fingerprint density at radius 2 is 2.00 bits per heavy atom. The van der Waals surface area contributed by atoms with Gasteiger partial charge in [0.1, 0.15) is 5.03 Å². The highest BCUT2D eigenvalue weighted by Crippen LogP contribution is 2.03. The van der Waals surface area contributed by atoms with Crippen molar-refractivity contribution in [2.24, 2.45) is 5.14 Å². The summed E-state index contributed by atoms with van der Waals surface area (Å²) in [6, 6.07) is 0. The molecule has 0 aromatic heterocycles. The highest BCUT2D eigenvalue weighted by Gasteiger charge is 2.12. The molecule has 0 aliphatic carbocycles. The maximum atomic E-state index is 10.8. The summed E-state index contributed by atoms with van der Waals surface area (Å²) >= 11 is 0. The molecule has 0 amide bonds. The number of rotatable bonds is 3. The molecule has 0 radical (unpaired) electrons. The molecule has 64 valence electrons. The first-order chi connectivity index (χ1) is 4.89. The molecule has 2 N–H and O–H groups in total. The highest BCUT2D eigenvalue weighted by atomic mass is 32.2. The lowest BCUT2D eigenvalue weighted by Gasteiger charge is -2.13. The van der Waals surface area contributed by atoms with E-state index >= 15 is 0 Å². The second-order valence-electron chi connectivity index (χ2n) is 2.18. The van der Waals surface area contributed by atoms with Gasteiger partial charge >= 0.3 is 0 Å². The third-order valence-electron chi connectivity index (χ3n) is 0.993. The van der Waals surface area contributed by atoms with Gasteiger partial charge in [0.2, 0.25) is 0 Å². The van der Waals surface area contributed by atoms with Crippen molar-refractivity contribution in [2.75, 3.05) is 14.1 Å². The van der Waals surface area contributed by atoms with Crippen molar-refractivity contribution in [1.82, 2.24) is 4.90 Å². The summed E-state index contributed by atoms with van der Waals surface area (Å²) in [7, 11) is -0.417. The Morgan fingerprint density at radius 1 is 1.55 bits per heavy atom. The van der Waals surface area contributed by atoms with Crippen molar-refractivity contribution in [3.63, 3.8) is 0 Å². The van der Waals surface area contributed by atoms with Crippen LogP contribution in [0.3, 0.4) is 0 Å². The van der Waals surface area contributed by atoms with Gasteiger partial charge in [-0.2, -0.15) is 0 Å². The van der Waals surface area contributed by atoms with Crippen LogP contribution in [0.5, 0.6) is 0 Å². The van der Waals surface area contributed by atoms with Gasteiger partial charge in [0, 0.05) is 14.1 Å². The first kappa shape index (κ1) is 10.2. The van der Waals surface area contributed by atoms with Crippen LogP contribution in [0.15, 0.2) is 23.8 Å². The fourth-order valence-electron chi connectivity index (χ4n) is 0.599. The van der Waals surface area contributed by atoms with Crippen molar-refractivity contribution in [2.45, 2.75) is 0 Å². The standard InChI is InChI=1S/C6H12N2O2S/c1-4-5-6(8(2)3)11(7,9)10/h4-5H,1H2,2-3H3,(H2,7,9,10)/b6-5+. The van der Waals surface area contributed by atoms with Gasteiger partial charge in [0.05, 0.1) is 0 Å². The summed E-state index contributed by atoms with van der Waals surface area (Å²) in [6.45, 7) is 3.37. The Balaban J connectivity index is 4.94. The van der Waals surface area contributed by atoms with Gasteiger partial charge in [-0.05, 0) is 6.08 Å². The zero-order valence-corrected chi connectivity index (χ0v) is 7.43. The van der Waals surface area contributed by atoms with Crippen LogP contribution in [-0.2, 0) is 10.0 Å². The van der Waals surface area contributed by atoms with Crippen LogP contribution in [0, 0.1) is 0 Å². The largest absolute Gasteiger partial charge is 0.367 e. The predicted molar refractivity (Wildman–Crippen MR) is 45.1 cm³/mol. The average Bonchev–Trinajstić information content (AvgIpc) is 1.79. The van der Waals surface area contributed by atoms with Crippen LogP contribution >= 0.6 is 0 Å². The molecule has 0 rings (SSSR count). The Kier molecular flexibility index (Phi) is 3.28. The first-order valence-corrected chi connectivity index (χ1v) is 4.47. The molecule has 0 unspecified atom stereocenters. The first-order valence-electron chi connectivity index (χ1n) is 2.92. The summed E-state index contributed by atoms with van der Waals surface area (Å²) in [5.41, 5.74) is 0. The van der Waals surface area contributed by atoms with Gasteiger partial charge in [-0.25, -0.2) is 13.6 Å². The number of hydrogen-bond acceptors (Lipinski definition) is 3. The number of nitrogens with two attached hydrogens (primary N) is 1. The lowest BCUT2D eigenvalue weighted by atomic mass is 10.6. The monoisotopic (exact) mass is 176 g/mol. The molecule has 0 aromatic rings. The van der Waals surface area contributed by atoms with E-state index in [-0.39, 0.29) is 5.03 Å². The smallest absolute Gasteiger partial charge is 0.253 e. The summed E-state index contributed by atoms with van der Waals surface area (Å²) in [5, 5.41) is 4.93. The van der Waals surface area contributed by atoms with Gasteiger partial charge in [-0.15, -0.1) is 0 Å². The summed E-state index contributed by atoms with van der Waals surface area (Å²) in [5.74, 6) is 0. The minimum Gasteiger partial charge on any atom is -0.367 e. The predicted octanol–water partition coefficient (Wildman–Crippen LogP) is -0.136. The Labute approximate surface area is 67.0 Å². The summed E-state index contributed by atoms with van der Waals surface area (Å²) in [4.78, 5) is 1.41. The van der Waals surface area contributed by atoms with Crippen LogP contribution in [0.25, 0.3) is 0 Å². The van der Waals surface area contributed by atoms with E-state index in [1.807, 2.05) is 0 Å². The van der Waals surface area contributed by atoms with Crippen molar-refractivity contribution in [3.05, 3.63) is 23.8 Å². The second kappa shape index (κ2) is 3.54. The second-order valence-corrected chi connectivity index (χ2v) is 3.69. The van der Waals surface area contributed by atoms with E-state index in [2.05, 4.69) is 6.58 Å². The third-order valence-corrected chi connectivity index (χ3v) is 2.08. The van der Waals surface area contributed by atoms with Crippen LogP contribution in [0.2, 0.25) is 0 Å². The van der Waals surface area contributed by atoms with Crippen molar-refractivity contribution < 1.29 is 8.42 Å². The zero-order chi connectivity index (χ0) is 9.07. The van der Waals surface area contributed by atoms with Crippen molar-refractivity contribution in [1.29, 1.82) is 0 Å². The highest BCUT2D eigenvalue weighted by molar-refractivity contribution is 7.92. The van der Waals surface area contributed by atoms with Crippen molar-refractivity contribution in [3.8, 4) is 0 Å². The minimum absolute atomic E-state index is 0.0486. The van der Waals surface area contributed by atoms with E-state index in [1.54, 1.807) is 14.1 Å². The Morgan fingerprint density at radius 3 is 2.09 bits per heavy atom. The number of sulfonamides is 1. The molecule has 0 fully saturated rings. The van der Waals surface area contributed by atoms with Gasteiger partial charge in [0.25, 0.3) is 10.0 Å². The molecular formula is C6H12N2O2S. The number of allylic oxidation sites excluding steroid dienone is 2. The van der Waals surface area contributed by atoms with Crippen LogP contribution in [-0.4, -0.2) is 27.4 Å². The molecule has 0 aliphatic rings. The van der Waals surface area contributed by atoms with Crippen LogP contribution < -0.4 is 5.14 Å². The lowest BCUT2D eigenvalue weighted by Crippen LogP contribution is -2.25. The number of nitrogens with zero attached hydrogens (tertiary/aromatic N) is 1. The molecule has 0 bridgehead atoms. The average molecular weight is 176 g/mol. The molecule has 0 aromatic carbocycles. The fraction of sp³-hybridized carbons (Fsp3) is 0.333. The molecule has 4 nitrogen and oxygen atoms in total. The molecule has 0 saturated heterocycles. The van der Waals surface area contributed by atoms with Gasteiger partial charge in [-0.3, -0.25) is 0 Å². The van der Waals surface area contributed by atoms with E-state index in [1.165, 1.54) is 17.1 Å². The maximum absolute atomic E-state index is 10.8. The topological polar surface area (TPSA) is 63.4 Å². The van der Waals surface area contributed by atoms with Crippen molar-refractivity contribution >= 4 is 10.0 Å². The number of hydrogen-bond donors (Lipinski definition) is 1. The fourth-order valence-corrected chi connectivity index (χ4v) is 1.39. The van der Waals surface area contributed by atoms with E-state index in [9.17, 15) is 8.42 Å². The van der Waals surface area contributed by atoms with E-state index in [4.69, 9.17) is 5.14 Å². The van der Waals surface area contributed by atoms with E-state index in [0.717, 1.165) is 0 Å². The Bertz CT molecular complexity index is 264. The van der Waals surface area contributed by atoms with Crippen LogP contribution in [0.4, 0.5) is 0 Å². The van der Waals surface area contributed by atoms with Gasteiger partial charge in [-0.1, -0.05) is 12.7 Å². The quantitative estimate of drug-likeness (QED) is 0.609. The summed E-state index contributed by atoms with van der Waals surface area (Å²) < 4.78 is 21.6. The molecule has 0 spiro atoms.